The van der Waals surface area contributed by atoms with Crippen molar-refractivity contribution >= 4 is 11.0 Å². The highest BCUT2D eigenvalue weighted by Crippen LogP contribution is 2.33. The van der Waals surface area contributed by atoms with Crippen molar-refractivity contribution < 1.29 is 17.9 Å². The van der Waals surface area contributed by atoms with Crippen LogP contribution in [0, 0.1) is 11.6 Å². The van der Waals surface area contributed by atoms with E-state index in [0.717, 1.165) is 23.3 Å². The summed E-state index contributed by atoms with van der Waals surface area (Å²) in [5.74, 6) is -1.19. The topological polar surface area (TPSA) is 39.4 Å². The lowest BCUT2D eigenvalue weighted by atomic mass is 10.0. The summed E-state index contributed by atoms with van der Waals surface area (Å²) in [5.41, 5.74) is 2.92. The van der Waals surface area contributed by atoms with Crippen LogP contribution >= 0.6 is 0 Å². The summed E-state index contributed by atoms with van der Waals surface area (Å²) in [7, 11) is 0. The molecule has 0 aliphatic rings. The number of halogens is 2. The molecule has 33 heavy (non-hydrogen) atoms. The van der Waals surface area contributed by atoms with Crippen molar-refractivity contribution in [3.8, 4) is 28.2 Å². The van der Waals surface area contributed by atoms with Crippen LogP contribution in [0.4, 0.5) is 8.78 Å². The van der Waals surface area contributed by atoms with Crippen LogP contribution in [0.5, 0.6) is 5.75 Å². The van der Waals surface area contributed by atoms with Crippen LogP contribution in [0.15, 0.2) is 106 Å². The van der Waals surface area contributed by atoms with Crippen molar-refractivity contribution in [1.82, 2.24) is 0 Å². The first kappa shape index (κ1) is 20.6. The van der Waals surface area contributed by atoms with Gasteiger partial charge in [0.05, 0.1) is 5.39 Å². The largest absolute Gasteiger partial charge is 0.481 e. The average Bonchev–Trinajstić information content (AvgIpc) is 2.85. The Labute approximate surface area is 188 Å². The van der Waals surface area contributed by atoms with Crippen LogP contribution in [0.3, 0.4) is 0 Å². The van der Waals surface area contributed by atoms with Crippen molar-refractivity contribution in [1.29, 1.82) is 0 Å². The highest BCUT2D eigenvalue weighted by atomic mass is 19.1. The van der Waals surface area contributed by atoms with Crippen molar-refractivity contribution in [3.05, 3.63) is 124 Å². The first-order chi connectivity index (χ1) is 16.1. The molecule has 0 amide bonds. The summed E-state index contributed by atoms with van der Waals surface area (Å²) in [4.78, 5) is 13.2. The van der Waals surface area contributed by atoms with Gasteiger partial charge < -0.3 is 9.15 Å². The molecular weight excluding hydrogens is 422 g/mol. The molecule has 0 atom stereocenters. The molecule has 4 aromatic carbocycles. The Bertz CT molecular complexity index is 1490. The van der Waals surface area contributed by atoms with Crippen molar-refractivity contribution in [2.45, 2.75) is 6.61 Å². The van der Waals surface area contributed by atoms with Gasteiger partial charge in [0.2, 0.25) is 11.2 Å². The maximum atomic E-state index is 14.1. The van der Waals surface area contributed by atoms with Crippen molar-refractivity contribution in [2.75, 3.05) is 0 Å². The van der Waals surface area contributed by atoms with Crippen LogP contribution in [-0.2, 0) is 6.61 Å². The van der Waals surface area contributed by atoms with Gasteiger partial charge >= 0.3 is 0 Å². The van der Waals surface area contributed by atoms with Gasteiger partial charge in [0.25, 0.3) is 0 Å². The van der Waals surface area contributed by atoms with Gasteiger partial charge in [-0.15, -0.1) is 0 Å². The zero-order valence-electron chi connectivity index (χ0n) is 17.4. The zero-order valence-corrected chi connectivity index (χ0v) is 17.4. The predicted octanol–water partition coefficient (Wildman–Crippen LogP) is 6.98. The van der Waals surface area contributed by atoms with E-state index in [-0.39, 0.29) is 29.1 Å². The first-order valence-corrected chi connectivity index (χ1v) is 10.4. The Hall–Kier alpha value is -4.25. The Kier molecular flexibility index (Phi) is 5.45. The molecule has 0 spiro atoms. The van der Waals surface area contributed by atoms with Crippen LogP contribution in [-0.4, -0.2) is 0 Å². The zero-order chi connectivity index (χ0) is 22.8. The predicted molar refractivity (Wildman–Crippen MR) is 124 cm³/mol. The third-order valence-electron chi connectivity index (χ3n) is 5.40. The van der Waals surface area contributed by atoms with E-state index in [0.29, 0.717) is 16.5 Å². The number of benzene rings is 4. The third-order valence-corrected chi connectivity index (χ3v) is 5.40. The SMILES string of the molecule is O=c1c(OCc2ccc(F)cc2F)c(-c2ccc(-c3ccccc3)cc2)oc2ccccc12. The van der Waals surface area contributed by atoms with E-state index in [2.05, 4.69) is 0 Å². The molecule has 0 saturated heterocycles. The molecule has 0 fully saturated rings. The molecule has 3 nitrogen and oxygen atoms in total. The highest BCUT2D eigenvalue weighted by Gasteiger charge is 2.18. The average molecular weight is 440 g/mol. The van der Waals surface area contributed by atoms with Gasteiger partial charge in [0.1, 0.15) is 23.8 Å². The van der Waals surface area contributed by atoms with E-state index in [9.17, 15) is 13.6 Å². The van der Waals surface area contributed by atoms with E-state index in [4.69, 9.17) is 9.15 Å². The summed E-state index contributed by atoms with van der Waals surface area (Å²) in [6.45, 7) is -0.246. The molecule has 5 rings (SSSR count). The minimum absolute atomic E-state index is 0.0233. The lowest BCUT2D eigenvalue weighted by Gasteiger charge is -2.13. The number of hydrogen-bond acceptors (Lipinski definition) is 3. The van der Waals surface area contributed by atoms with Crippen molar-refractivity contribution in [2.24, 2.45) is 0 Å². The van der Waals surface area contributed by atoms with Gasteiger partial charge in [0.15, 0.2) is 5.76 Å². The molecule has 1 aromatic heterocycles. The second-order valence-corrected chi connectivity index (χ2v) is 7.55. The van der Waals surface area contributed by atoms with E-state index in [1.54, 1.807) is 24.3 Å². The molecule has 5 heteroatoms. The van der Waals surface area contributed by atoms with E-state index in [1.165, 1.54) is 6.07 Å². The summed E-state index contributed by atoms with van der Waals surface area (Å²) in [6, 6.07) is 27.6. The molecule has 0 aliphatic carbocycles. The molecule has 0 bridgehead atoms. The van der Waals surface area contributed by atoms with Gasteiger partial charge in [-0.25, -0.2) is 8.78 Å². The minimum Gasteiger partial charge on any atom is -0.481 e. The normalized spacial score (nSPS) is 11.0. The summed E-state index contributed by atoms with van der Waals surface area (Å²) in [5, 5.41) is 0.358. The van der Waals surface area contributed by atoms with E-state index < -0.39 is 11.6 Å². The molecule has 0 radical (unpaired) electrons. The Balaban J connectivity index is 1.58. The molecule has 1 heterocycles. The number of para-hydroxylation sites is 1. The molecule has 0 aliphatic heterocycles. The second kappa shape index (κ2) is 8.71. The Morgan fingerprint density at radius 3 is 2.15 bits per heavy atom. The molecule has 5 aromatic rings. The van der Waals surface area contributed by atoms with Crippen LogP contribution < -0.4 is 10.2 Å². The first-order valence-electron chi connectivity index (χ1n) is 10.4. The number of fused-ring (bicyclic) bond motifs is 1. The van der Waals surface area contributed by atoms with Gasteiger partial charge in [-0.2, -0.15) is 0 Å². The van der Waals surface area contributed by atoms with Crippen LogP contribution in [0.1, 0.15) is 5.56 Å². The maximum absolute atomic E-state index is 14.1. The third kappa shape index (κ3) is 4.13. The Morgan fingerprint density at radius 1 is 0.727 bits per heavy atom. The fourth-order valence-electron chi connectivity index (χ4n) is 3.68. The maximum Gasteiger partial charge on any atom is 0.235 e. The summed E-state index contributed by atoms with van der Waals surface area (Å²) >= 11 is 0. The van der Waals surface area contributed by atoms with Crippen LogP contribution in [0.25, 0.3) is 33.4 Å². The number of hydrogen-bond donors (Lipinski definition) is 0. The Morgan fingerprint density at radius 2 is 1.39 bits per heavy atom. The van der Waals surface area contributed by atoms with E-state index in [1.807, 2.05) is 54.6 Å². The van der Waals surface area contributed by atoms with Gasteiger partial charge in [-0.3, -0.25) is 4.79 Å². The molecule has 0 saturated carbocycles. The molecule has 0 N–H and O–H groups in total. The second-order valence-electron chi connectivity index (χ2n) is 7.55. The summed E-state index contributed by atoms with van der Waals surface area (Å²) < 4.78 is 39.2. The number of ether oxygens (including phenoxy) is 1. The molecule has 162 valence electrons. The fourth-order valence-corrected chi connectivity index (χ4v) is 3.68. The van der Waals surface area contributed by atoms with E-state index >= 15 is 0 Å². The van der Waals surface area contributed by atoms with Crippen LogP contribution in [0.2, 0.25) is 0 Å². The highest BCUT2D eigenvalue weighted by molar-refractivity contribution is 5.82. The standard InChI is InChI=1S/C28H18F2O3/c29-22-15-14-21(24(30)16-22)17-32-28-26(31)23-8-4-5-9-25(23)33-27(28)20-12-10-19(11-13-20)18-6-2-1-3-7-18/h1-16H,17H2. The smallest absolute Gasteiger partial charge is 0.235 e. The fraction of sp³-hybridized carbons (Fsp3) is 0.0357. The lowest BCUT2D eigenvalue weighted by molar-refractivity contribution is 0.291. The number of rotatable bonds is 5. The monoisotopic (exact) mass is 440 g/mol. The molecule has 0 unspecified atom stereocenters. The quantitative estimate of drug-likeness (QED) is 0.296. The summed E-state index contributed by atoms with van der Waals surface area (Å²) in [6.07, 6.45) is 0. The molecular formula is C28H18F2O3. The van der Waals surface area contributed by atoms with Crippen molar-refractivity contribution in [3.63, 3.8) is 0 Å². The lowest BCUT2D eigenvalue weighted by Crippen LogP contribution is -2.11. The van der Waals surface area contributed by atoms with Gasteiger partial charge in [-0.1, -0.05) is 66.7 Å². The van der Waals surface area contributed by atoms with Gasteiger partial charge in [0, 0.05) is 17.2 Å². The van der Waals surface area contributed by atoms with Gasteiger partial charge in [-0.05, 0) is 35.4 Å². The minimum atomic E-state index is -0.742.